The fraction of sp³-hybridized carbons (Fsp3) is 0.522. The molecule has 0 saturated heterocycles. The van der Waals surface area contributed by atoms with Gasteiger partial charge in [0, 0.05) is 5.41 Å². The lowest BCUT2D eigenvalue weighted by Crippen LogP contribution is -2.45. The number of carbonyl (C=O) groups is 1. The van der Waals surface area contributed by atoms with Gasteiger partial charge in [0.15, 0.2) is 0 Å². The average Bonchev–Trinajstić information content (AvgIpc) is 3.30. The molecule has 0 amide bonds. The molecule has 3 aliphatic carbocycles. The number of hydrogen-bond donors (Lipinski definition) is 1. The van der Waals surface area contributed by atoms with Crippen LogP contribution in [0, 0.1) is 17.3 Å². The summed E-state index contributed by atoms with van der Waals surface area (Å²) in [5, 5.41) is 11.8. The standard InChI is InChI=1S/C23H26O3S/c1-23-11-10-17-16-7-5-15(24)13-14(16)4-6-18(17)19(23)8-9-21(23)26-22(25)20-3-2-12-27-20/h2-3,5,7,12-13,17-19,21,24H,4,6,8-11H2,1H3/t17-,18-,19+,21+,23+/m1/s1. The molecule has 1 heterocycles. The summed E-state index contributed by atoms with van der Waals surface area (Å²) in [6, 6.07) is 9.71. The Kier molecular flexibility index (Phi) is 4.08. The van der Waals surface area contributed by atoms with Crippen LogP contribution in [0.3, 0.4) is 0 Å². The molecule has 3 nitrogen and oxygen atoms in total. The number of thiophene rings is 1. The molecule has 2 aromatic rings. The van der Waals surface area contributed by atoms with E-state index in [1.807, 2.05) is 29.6 Å². The van der Waals surface area contributed by atoms with Crippen LogP contribution in [-0.4, -0.2) is 17.2 Å². The van der Waals surface area contributed by atoms with Crippen molar-refractivity contribution in [1.29, 1.82) is 0 Å². The summed E-state index contributed by atoms with van der Waals surface area (Å²) in [5.41, 5.74) is 2.88. The second kappa shape index (κ2) is 6.37. The molecule has 0 spiro atoms. The zero-order valence-corrected chi connectivity index (χ0v) is 16.5. The molecule has 0 unspecified atom stereocenters. The molecule has 4 heteroatoms. The maximum absolute atomic E-state index is 12.5. The number of carbonyl (C=O) groups excluding carboxylic acids is 1. The largest absolute Gasteiger partial charge is 0.508 e. The van der Waals surface area contributed by atoms with E-state index in [2.05, 4.69) is 13.0 Å². The van der Waals surface area contributed by atoms with Gasteiger partial charge < -0.3 is 9.84 Å². The van der Waals surface area contributed by atoms with E-state index in [1.165, 1.54) is 28.9 Å². The van der Waals surface area contributed by atoms with Gasteiger partial charge in [-0.2, -0.15) is 0 Å². The third kappa shape index (κ3) is 2.72. The van der Waals surface area contributed by atoms with Crippen LogP contribution >= 0.6 is 11.3 Å². The number of fused-ring (bicyclic) bond motifs is 5. The zero-order valence-electron chi connectivity index (χ0n) is 15.7. The van der Waals surface area contributed by atoms with Crippen molar-refractivity contribution in [3.63, 3.8) is 0 Å². The summed E-state index contributed by atoms with van der Waals surface area (Å²) in [6.45, 7) is 2.36. The first kappa shape index (κ1) is 17.3. The molecule has 2 saturated carbocycles. The number of ether oxygens (including phenoxy) is 1. The second-order valence-electron chi connectivity index (χ2n) is 8.79. The van der Waals surface area contributed by atoms with Crippen molar-refractivity contribution >= 4 is 17.3 Å². The fourth-order valence-electron chi connectivity index (χ4n) is 6.30. The summed E-state index contributed by atoms with van der Waals surface area (Å²) in [4.78, 5) is 13.2. The van der Waals surface area contributed by atoms with Gasteiger partial charge in [-0.1, -0.05) is 19.1 Å². The molecule has 27 heavy (non-hydrogen) atoms. The molecule has 1 aromatic heterocycles. The lowest BCUT2D eigenvalue weighted by molar-refractivity contribution is -0.0425. The van der Waals surface area contributed by atoms with Gasteiger partial charge in [0.2, 0.25) is 0 Å². The monoisotopic (exact) mass is 382 g/mol. The van der Waals surface area contributed by atoms with Gasteiger partial charge in [-0.05, 0) is 91.0 Å². The first-order valence-corrected chi connectivity index (χ1v) is 11.0. The number of phenolic OH excluding ortho intramolecular Hbond substituents is 1. The van der Waals surface area contributed by atoms with Crippen molar-refractivity contribution < 1.29 is 14.6 Å². The minimum atomic E-state index is -0.150. The van der Waals surface area contributed by atoms with Crippen LogP contribution in [0.2, 0.25) is 0 Å². The minimum absolute atomic E-state index is 0.0410. The molecule has 1 aromatic carbocycles. The Morgan fingerprint density at radius 1 is 1.22 bits per heavy atom. The maximum atomic E-state index is 12.5. The SMILES string of the molecule is C[C@]12CC[C@@H]3c4ccc(O)cc4CC[C@H]3[C@@H]1CC[C@@H]2OC(=O)c1cccs1. The topological polar surface area (TPSA) is 46.5 Å². The van der Waals surface area contributed by atoms with Crippen LogP contribution in [0.15, 0.2) is 35.7 Å². The lowest BCUT2D eigenvalue weighted by atomic mass is 9.55. The number of aromatic hydroxyl groups is 1. The van der Waals surface area contributed by atoms with Crippen molar-refractivity contribution in [2.75, 3.05) is 0 Å². The van der Waals surface area contributed by atoms with Gasteiger partial charge in [-0.15, -0.1) is 11.3 Å². The third-order valence-corrected chi connectivity index (χ3v) is 8.44. The van der Waals surface area contributed by atoms with E-state index in [0.29, 0.717) is 28.4 Å². The van der Waals surface area contributed by atoms with E-state index < -0.39 is 0 Å². The van der Waals surface area contributed by atoms with Crippen molar-refractivity contribution in [2.45, 2.75) is 57.5 Å². The van der Waals surface area contributed by atoms with Crippen molar-refractivity contribution in [3.05, 3.63) is 51.7 Å². The third-order valence-electron chi connectivity index (χ3n) is 7.59. The summed E-state index contributed by atoms with van der Waals surface area (Å²) in [6.07, 6.45) is 6.70. The minimum Gasteiger partial charge on any atom is -0.508 e. The Hall–Kier alpha value is -1.81. The van der Waals surface area contributed by atoms with Crippen LogP contribution < -0.4 is 0 Å². The van der Waals surface area contributed by atoms with Gasteiger partial charge >= 0.3 is 5.97 Å². The normalized spacial score (nSPS) is 34.4. The number of esters is 1. The molecule has 5 atom stereocenters. The summed E-state index contributed by atoms with van der Waals surface area (Å²) < 4.78 is 6.03. The second-order valence-corrected chi connectivity index (χ2v) is 9.74. The Morgan fingerprint density at radius 2 is 2.11 bits per heavy atom. The predicted octanol–water partition coefficient (Wildman–Crippen LogP) is 5.54. The molecular formula is C23H26O3S. The number of aryl methyl sites for hydroxylation is 1. The summed E-state index contributed by atoms with van der Waals surface area (Å²) in [5.74, 6) is 2.13. The molecule has 3 aliphatic rings. The molecule has 2 fully saturated rings. The van der Waals surface area contributed by atoms with E-state index >= 15 is 0 Å². The highest BCUT2D eigenvalue weighted by molar-refractivity contribution is 7.11. The summed E-state index contributed by atoms with van der Waals surface area (Å²) >= 11 is 1.46. The number of hydrogen-bond acceptors (Lipinski definition) is 4. The number of benzene rings is 1. The molecule has 1 N–H and O–H groups in total. The molecule has 0 bridgehead atoms. The first-order chi connectivity index (χ1) is 13.1. The maximum Gasteiger partial charge on any atom is 0.348 e. The van der Waals surface area contributed by atoms with Crippen LogP contribution in [0.4, 0.5) is 0 Å². The van der Waals surface area contributed by atoms with E-state index in [4.69, 9.17) is 4.74 Å². The molecule has 0 radical (unpaired) electrons. The van der Waals surface area contributed by atoms with Crippen molar-refractivity contribution in [1.82, 2.24) is 0 Å². The first-order valence-electron chi connectivity index (χ1n) is 10.1. The van der Waals surface area contributed by atoms with Crippen LogP contribution in [0.1, 0.15) is 65.7 Å². The number of rotatable bonds is 2. The van der Waals surface area contributed by atoms with Crippen LogP contribution in [0.5, 0.6) is 5.75 Å². The number of phenols is 1. The van der Waals surface area contributed by atoms with Gasteiger partial charge in [-0.25, -0.2) is 4.79 Å². The molecule has 0 aliphatic heterocycles. The quantitative estimate of drug-likeness (QED) is 0.694. The van der Waals surface area contributed by atoms with Gasteiger partial charge in [-0.3, -0.25) is 0 Å². The Balaban J connectivity index is 1.38. The highest BCUT2D eigenvalue weighted by Crippen LogP contribution is 2.61. The average molecular weight is 383 g/mol. The van der Waals surface area contributed by atoms with Gasteiger partial charge in [0.25, 0.3) is 0 Å². The summed E-state index contributed by atoms with van der Waals surface area (Å²) in [7, 11) is 0. The van der Waals surface area contributed by atoms with Crippen molar-refractivity contribution in [2.24, 2.45) is 17.3 Å². The lowest BCUT2D eigenvalue weighted by Gasteiger charge is -2.50. The highest BCUT2D eigenvalue weighted by atomic mass is 32.1. The zero-order chi connectivity index (χ0) is 18.6. The van der Waals surface area contributed by atoms with E-state index in [-0.39, 0.29) is 17.5 Å². The molecule has 5 rings (SSSR count). The molecular weight excluding hydrogens is 356 g/mol. The van der Waals surface area contributed by atoms with E-state index in [9.17, 15) is 9.90 Å². The van der Waals surface area contributed by atoms with Gasteiger partial charge in [0.05, 0.1) is 0 Å². The van der Waals surface area contributed by atoms with E-state index in [1.54, 1.807) is 0 Å². The van der Waals surface area contributed by atoms with Gasteiger partial charge in [0.1, 0.15) is 16.7 Å². The molecule has 142 valence electrons. The van der Waals surface area contributed by atoms with Crippen LogP contribution in [-0.2, 0) is 11.2 Å². The Labute approximate surface area is 164 Å². The van der Waals surface area contributed by atoms with Crippen LogP contribution in [0.25, 0.3) is 0 Å². The smallest absolute Gasteiger partial charge is 0.348 e. The highest BCUT2D eigenvalue weighted by Gasteiger charge is 2.56. The fourth-order valence-corrected chi connectivity index (χ4v) is 6.90. The predicted molar refractivity (Wildman–Crippen MR) is 106 cm³/mol. The Morgan fingerprint density at radius 3 is 2.93 bits per heavy atom. The van der Waals surface area contributed by atoms with E-state index in [0.717, 1.165) is 32.1 Å². The Bertz CT molecular complexity index is 859. The van der Waals surface area contributed by atoms with Crippen molar-refractivity contribution in [3.8, 4) is 5.75 Å².